The van der Waals surface area contributed by atoms with Crippen LogP contribution in [0.4, 0.5) is 0 Å². The lowest BCUT2D eigenvalue weighted by Gasteiger charge is -2.34. The van der Waals surface area contributed by atoms with Gasteiger partial charge in [-0.25, -0.2) is 13.4 Å². The third-order valence-electron chi connectivity index (χ3n) is 2.81. The van der Waals surface area contributed by atoms with Crippen LogP contribution in [0.3, 0.4) is 0 Å². The average Bonchev–Trinajstić information content (AvgIpc) is 2.38. The fourth-order valence-electron chi connectivity index (χ4n) is 1.84. The first kappa shape index (κ1) is 14.6. The van der Waals surface area contributed by atoms with Crippen LogP contribution in [0.5, 0.6) is 0 Å². The molecule has 104 valence electrons. The maximum absolute atomic E-state index is 12.3. The summed E-state index contributed by atoms with van der Waals surface area (Å²) < 4.78 is 23.5. The minimum Gasteiger partial charge on any atom is -0.320 e. The topological polar surface area (TPSA) is 67.3 Å². The molecule has 1 aromatic rings. The number of sulfone groups is 1. The summed E-state index contributed by atoms with van der Waals surface area (Å²) in [5, 5.41) is -0.472. The lowest BCUT2D eigenvalue weighted by atomic mass is 10.2. The number of rotatable bonds is 2. The second-order valence-electron chi connectivity index (χ2n) is 4.23. The highest BCUT2D eigenvalue weighted by Gasteiger charge is 2.34. The predicted molar refractivity (Wildman–Crippen MR) is 76.2 cm³/mol. The number of carbonyl (C=O) groups is 1. The first-order chi connectivity index (χ1) is 8.89. The Hall–Kier alpha value is -0.790. The number of thioether (sulfide) groups is 1. The minimum atomic E-state index is -3.30. The van der Waals surface area contributed by atoms with E-state index in [1.807, 2.05) is 0 Å². The number of nitrogens with zero attached hydrogens (tertiary/aromatic N) is 2. The number of halogens is 1. The first-order valence-corrected chi connectivity index (χ1v) is 9.07. The van der Waals surface area contributed by atoms with E-state index >= 15 is 0 Å². The van der Waals surface area contributed by atoms with Crippen molar-refractivity contribution in [3.8, 4) is 0 Å². The number of amides is 1. The Kier molecular flexibility index (Phi) is 4.37. The van der Waals surface area contributed by atoms with Crippen molar-refractivity contribution >= 4 is 39.1 Å². The van der Waals surface area contributed by atoms with Gasteiger partial charge < -0.3 is 4.90 Å². The Bertz CT molecular complexity index is 574. The van der Waals surface area contributed by atoms with E-state index < -0.39 is 15.2 Å². The SMILES string of the molecule is CS(=O)(=O)C1CSCCN1C(=O)c1ccc(Cl)nc1. The van der Waals surface area contributed by atoms with Gasteiger partial charge in [-0.1, -0.05) is 11.6 Å². The van der Waals surface area contributed by atoms with Crippen LogP contribution in [0.15, 0.2) is 18.3 Å². The number of pyridine rings is 1. The molecule has 0 spiro atoms. The summed E-state index contributed by atoms with van der Waals surface area (Å²) in [4.78, 5) is 17.6. The van der Waals surface area contributed by atoms with E-state index in [0.717, 1.165) is 12.0 Å². The van der Waals surface area contributed by atoms with Crippen molar-refractivity contribution in [1.82, 2.24) is 9.88 Å². The molecule has 5 nitrogen and oxygen atoms in total. The van der Waals surface area contributed by atoms with Crippen molar-refractivity contribution in [1.29, 1.82) is 0 Å². The molecule has 1 saturated heterocycles. The maximum atomic E-state index is 12.3. The van der Waals surface area contributed by atoms with E-state index in [0.29, 0.717) is 23.0 Å². The van der Waals surface area contributed by atoms with Crippen LogP contribution >= 0.6 is 23.4 Å². The molecule has 19 heavy (non-hydrogen) atoms. The van der Waals surface area contributed by atoms with Crippen molar-refractivity contribution in [2.75, 3.05) is 24.3 Å². The second-order valence-corrected chi connectivity index (χ2v) is 7.97. The fourth-order valence-corrected chi connectivity index (χ4v) is 4.76. The standard InChI is InChI=1S/C11H13ClN2O3S2/c1-19(16,17)10-7-18-5-4-14(10)11(15)8-2-3-9(12)13-6-8/h2-3,6,10H,4-5,7H2,1H3. The largest absolute Gasteiger partial charge is 0.320 e. The fraction of sp³-hybridized carbons (Fsp3) is 0.455. The zero-order chi connectivity index (χ0) is 14.0. The van der Waals surface area contributed by atoms with Crippen molar-refractivity contribution in [2.24, 2.45) is 0 Å². The van der Waals surface area contributed by atoms with E-state index in [9.17, 15) is 13.2 Å². The van der Waals surface area contributed by atoms with Crippen LogP contribution in [0, 0.1) is 0 Å². The molecule has 2 heterocycles. The van der Waals surface area contributed by atoms with Gasteiger partial charge in [-0.05, 0) is 12.1 Å². The molecular formula is C11H13ClN2O3S2. The monoisotopic (exact) mass is 320 g/mol. The summed E-state index contributed by atoms with van der Waals surface area (Å²) in [5.41, 5.74) is 0.352. The molecule has 0 N–H and O–H groups in total. The molecule has 2 rings (SSSR count). The summed E-state index contributed by atoms with van der Waals surface area (Å²) in [7, 11) is -3.30. The van der Waals surface area contributed by atoms with Crippen LogP contribution in [0.2, 0.25) is 5.15 Å². The van der Waals surface area contributed by atoms with Gasteiger partial charge in [0.2, 0.25) is 0 Å². The van der Waals surface area contributed by atoms with Gasteiger partial charge in [0.1, 0.15) is 10.5 Å². The number of hydrogen-bond donors (Lipinski definition) is 0. The number of hydrogen-bond acceptors (Lipinski definition) is 5. The summed E-state index contributed by atoms with van der Waals surface area (Å²) in [5.74, 6) is 0.824. The van der Waals surface area contributed by atoms with Gasteiger partial charge in [-0.3, -0.25) is 4.79 Å². The third kappa shape index (κ3) is 3.40. The van der Waals surface area contributed by atoms with Gasteiger partial charge in [0, 0.05) is 30.5 Å². The Morgan fingerprint density at radius 3 is 2.84 bits per heavy atom. The second kappa shape index (κ2) is 5.68. The van der Waals surface area contributed by atoms with Crippen molar-refractivity contribution in [3.63, 3.8) is 0 Å². The van der Waals surface area contributed by atoms with Crippen LogP contribution < -0.4 is 0 Å². The number of aromatic nitrogens is 1. The molecule has 1 unspecified atom stereocenters. The highest BCUT2D eigenvalue weighted by Crippen LogP contribution is 2.22. The molecule has 0 aliphatic carbocycles. The Balaban J connectivity index is 2.27. The van der Waals surface area contributed by atoms with Gasteiger partial charge in [0.15, 0.2) is 9.84 Å². The van der Waals surface area contributed by atoms with Crippen LogP contribution in [-0.2, 0) is 9.84 Å². The quantitative estimate of drug-likeness (QED) is 0.768. The van der Waals surface area contributed by atoms with Gasteiger partial charge in [0.05, 0.1) is 5.56 Å². The Morgan fingerprint density at radius 1 is 1.53 bits per heavy atom. The molecule has 0 aromatic carbocycles. The van der Waals surface area contributed by atoms with E-state index in [1.165, 1.54) is 28.9 Å². The average molecular weight is 321 g/mol. The molecule has 1 aliphatic heterocycles. The van der Waals surface area contributed by atoms with Crippen molar-refractivity contribution in [3.05, 3.63) is 29.0 Å². The zero-order valence-electron chi connectivity index (χ0n) is 10.2. The summed E-state index contributed by atoms with van der Waals surface area (Å²) >= 11 is 7.21. The highest BCUT2D eigenvalue weighted by atomic mass is 35.5. The summed E-state index contributed by atoms with van der Waals surface area (Å²) in [6.45, 7) is 0.420. The normalized spacial score (nSPS) is 20.3. The van der Waals surface area contributed by atoms with E-state index in [-0.39, 0.29) is 5.91 Å². The summed E-state index contributed by atoms with van der Waals surface area (Å²) in [6.07, 6.45) is 2.52. The molecule has 1 fully saturated rings. The third-order valence-corrected chi connectivity index (χ3v) is 5.68. The molecule has 0 saturated carbocycles. The van der Waals surface area contributed by atoms with Gasteiger partial charge in [-0.2, -0.15) is 11.8 Å². The lowest BCUT2D eigenvalue weighted by Crippen LogP contribution is -2.49. The number of carbonyl (C=O) groups excluding carboxylic acids is 1. The van der Waals surface area contributed by atoms with Gasteiger partial charge in [-0.15, -0.1) is 0 Å². The molecule has 1 aromatic heterocycles. The smallest absolute Gasteiger partial charge is 0.256 e. The van der Waals surface area contributed by atoms with Crippen LogP contribution in [0.25, 0.3) is 0 Å². The van der Waals surface area contributed by atoms with Crippen molar-refractivity contribution in [2.45, 2.75) is 5.37 Å². The molecule has 1 atom stereocenters. The van der Waals surface area contributed by atoms with Gasteiger partial charge >= 0.3 is 0 Å². The molecule has 8 heteroatoms. The van der Waals surface area contributed by atoms with Crippen LogP contribution in [0.1, 0.15) is 10.4 Å². The summed E-state index contributed by atoms with van der Waals surface area (Å²) in [6, 6.07) is 3.07. The molecule has 0 bridgehead atoms. The highest BCUT2D eigenvalue weighted by molar-refractivity contribution is 8.00. The van der Waals surface area contributed by atoms with Crippen LogP contribution in [-0.4, -0.2) is 53.9 Å². The molecular weight excluding hydrogens is 308 g/mol. The molecule has 1 amide bonds. The van der Waals surface area contributed by atoms with E-state index in [1.54, 1.807) is 6.07 Å². The predicted octanol–water partition coefficient (Wildman–Crippen LogP) is 1.29. The Morgan fingerprint density at radius 2 is 2.26 bits per heavy atom. The first-order valence-electron chi connectivity index (χ1n) is 5.59. The van der Waals surface area contributed by atoms with Crippen molar-refractivity contribution < 1.29 is 13.2 Å². The lowest BCUT2D eigenvalue weighted by molar-refractivity contribution is 0.0749. The van der Waals surface area contributed by atoms with E-state index in [4.69, 9.17) is 11.6 Å². The molecule has 1 aliphatic rings. The molecule has 0 radical (unpaired) electrons. The van der Waals surface area contributed by atoms with E-state index in [2.05, 4.69) is 4.98 Å². The zero-order valence-corrected chi connectivity index (χ0v) is 12.6. The Labute approximate surface area is 121 Å². The minimum absolute atomic E-state index is 0.297. The van der Waals surface area contributed by atoms with Gasteiger partial charge in [0.25, 0.3) is 5.91 Å². The maximum Gasteiger partial charge on any atom is 0.256 e.